The molecule has 0 amide bonds. The first-order valence-electron chi connectivity index (χ1n) is 5.69. The molecule has 1 heterocycles. The molecule has 1 aromatic carbocycles. The smallest absolute Gasteiger partial charge is 0.287 e. The summed E-state index contributed by atoms with van der Waals surface area (Å²) in [4.78, 5) is 11.6. The normalized spacial score (nSPS) is 10.5. The molecule has 100 valence electrons. The lowest BCUT2D eigenvalue weighted by atomic mass is 10.1. The van der Waals surface area contributed by atoms with Crippen molar-refractivity contribution in [3.63, 3.8) is 0 Å². The van der Waals surface area contributed by atoms with Crippen molar-refractivity contribution in [2.75, 3.05) is 5.32 Å². The minimum Gasteiger partial charge on any atom is -0.378 e. The van der Waals surface area contributed by atoms with Crippen LogP contribution in [0.2, 0.25) is 5.02 Å². The predicted molar refractivity (Wildman–Crippen MR) is 80.7 cm³/mol. The van der Waals surface area contributed by atoms with Crippen LogP contribution in [0.15, 0.2) is 33.7 Å². The van der Waals surface area contributed by atoms with Crippen LogP contribution in [0, 0.1) is 6.92 Å². The Labute approximate surface area is 124 Å². The number of benzene rings is 1. The molecule has 0 aliphatic heterocycles. The highest BCUT2D eigenvalue weighted by atomic mass is 79.9. The Morgan fingerprint density at radius 2 is 2.21 bits per heavy atom. The number of hydrogen-bond acceptors (Lipinski definition) is 3. The van der Waals surface area contributed by atoms with Gasteiger partial charge >= 0.3 is 0 Å². The highest BCUT2D eigenvalue weighted by molar-refractivity contribution is 9.10. The summed E-state index contributed by atoms with van der Waals surface area (Å²) in [5.74, 6) is 0. The van der Waals surface area contributed by atoms with E-state index in [2.05, 4.69) is 26.3 Å². The molecule has 4 nitrogen and oxygen atoms in total. The van der Waals surface area contributed by atoms with Gasteiger partial charge in [-0.3, -0.25) is 4.79 Å². The Kier molecular flexibility index (Phi) is 4.27. The number of nitrogens with one attached hydrogen (secondary N) is 1. The fourth-order valence-electron chi connectivity index (χ4n) is 1.65. The highest BCUT2D eigenvalue weighted by Crippen LogP contribution is 2.19. The van der Waals surface area contributed by atoms with Crippen molar-refractivity contribution in [3.05, 3.63) is 55.4 Å². The van der Waals surface area contributed by atoms with Crippen molar-refractivity contribution in [1.29, 1.82) is 0 Å². The first kappa shape index (κ1) is 14.1. The van der Waals surface area contributed by atoms with Crippen LogP contribution in [0.3, 0.4) is 0 Å². The third-order valence-corrected chi connectivity index (χ3v) is 3.72. The largest absolute Gasteiger partial charge is 0.378 e. The monoisotopic (exact) mass is 341 g/mol. The van der Waals surface area contributed by atoms with Gasteiger partial charge in [-0.25, -0.2) is 4.68 Å². The lowest BCUT2D eigenvalue weighted by molar-refractivity contribution is 0.708. The molecule has 0 aliphatic rings. The maximum Gasteiger partial charge on any atom is 0.287 e. The van der Waals surface area contributed by atoms with Gasteiger partial charge in [0.05, 0.1) is 11.9 Å². The zero-order valence-electron chi connectivity index (χ0n) is 10.6. The van der Waals surface area contributed by atoms with E-state index in [-0.39, 0.29) is 10.6 Å². The Bertz CT molecular complexity index is 669. The quantitative estimate of drug-likeness (QED) is 0.932. The van der Waals surface area contributed by atoms with E-state index in [1.165, 1.54) is 10.2 Å². The SMILES string of the molecule is Cc1ccc(Br)cc1CNc1cnn(C)c(=O)c1Cl. The first-order valence-corrected chi connectivity index (χ1v) is 6.87. The number of anilines is 1. The average Bonchev–Trinajstić information content (AvgIpc) is 2.39. The van der Waals surface area contributed by atoms with Gasteiger partial charge in [0.25, 0.3) is 5.56 Å². The van der Waals surface area contributed by atoms with Crippen LogP contribution >= 0.6 is 27.5 Å². The lowest BCUT2D eigenvalue weighted by Gasteiger charge is -2.10. The second-order valence-electron chi connectivity index (χ2n) is 4.23. The molecular formula is C13H13BrClN3O. The minimum atomic E-state index is -0.308. The molecule has 6 heteroatoms. The second kappa shape index (κ2) is 5.75. The van der Waals surface area contributed by atoms with Crippen LogP contribution in [0.4, 0.5) is 5.69 Å². The molecule has 2 rings (SSSR count). The van der Waals surface area contributed by atoms with E-state index < -0.39 is 0 Å². The molecule has 0 aliphatic carbocycles. The summed E-state index contributed by atoms with van der Waals surface area (Å²) >= 11 is 9.43. The van der Waals surface area contributed by atoms with Crippen LogP contribution < -0.4 is 10.9 Å². The third-order valence-electron chi connectivity index (χ3n) is 2.86. The molecule has 0 fully saturated rings. The maximum absolute atomic E-state index is 11.6. The molecule has 1 aromatic heterocycles. The average molecular weight is 343 g/mol. The van der Waals surface area contributed by atoms with Crippen molar-refractivity contribution < 1.29 is 0 Å². The van der Waals surface area contributed by atoms with Gasteiger partial charge in [0.15, 0.2) is 0 Å². The van der Waals surface area contributed by atoms with E-state index in [4.69, 9.17) is 11.6 Å². The summed E-state index contributed by atoms with van der Waals surface area (Å²) in [6, 6.07) is 6.06. The van der Waals surface area contributed by atoms with Gasteiger partial charge in [0.2, 0.25) is 0 Å². The number of rotatable bonds is 3. The molecule has 1 N–H and O–H groups in total. The zero-order chi connectivity index (χ0) is 14.0. The number of halogens is 2. The fourth-order valence-corrected chi connectivity index (χ4v) is 2.30. The third kappa shape index (κ3) is 3.16. The summed E-state index contributed by atoms with van der Waals surface area (Å²) in [7, 11) is 1.57. The topological polar surface area (TPSA) is 46.9 Å². The molecule has 0 spiro atoms. The van der Waals surface area contributed by atoms with Crippen molar-refractivity contribution in [2.45, 2.75) is 13.5 Å². The van der Waals surface area contributed by atoms with Crippen molar-refractivity contribution in [3.8, 4) is 0 Å². The Balaban J connectivity index is 2.22. The van der Waals surface area contributed by atoms with E-state index in [1.54, 1.807) is 13.2 Å². The minimum absolute atomic E-state index is 0.158. The Morgan fingerprint density at radius 1 is 1.47 bits per heavy atom. The van der Waals surface area contributed by atoms with Gasteiger partial charge < -0.3 is 5.32 Å². The van der Waals surface area contributed by atoms with E-state index in [9.17, 15) is 4.79 Å². The molecule has 0 atom stereocenters. The standard InChI is InChI=1S/C13H13BrClN3O/c1-8-3-4-10(14)5-9(8)6-16-11-7-17-18(2)13(19)12(11)15/h3-5,7,16H,6H2,1-2H3. The summed E-state index contributed by atoms with van der Waals surface area (Å²) in [6.45, 7) is 2.62. The molecule has 0 saturated carbocycles. The summed E-state index contributed by atoms with van der Waals surface area (Å²) < 4.78 is 2.22. The molecule has 0 unspecified atom stereocenters. The number of nitrogens with zero attached hydrogens (tertiary/aromatic N) is 2. The molecule has 0 bridgehead atoms. The van der Waals surface area contributed by atoms with Crippen LogP contribution in [-0.2, 0) is 13.6 Å². The number of aryl methyl sites for hydroxylation is 2. The van der Waals surface area contributed by atoms with Crippen molar-refractivity contribution >= 4 is 33.2 Å². The van der Waals surface area contributed by atoms with Gasteiger partial charge in [0, 0.05) is 18.1 Å². The lowest BCUT2D eigenvalue weighted by Crippen LogP contribution is -2.21. The van der Waals surface area contributed by atoms with E-state index in [1.807, 2.05) is 25.1 Å². The highest BCUT2D eigenvalue weighted by Gasteiger charge is 2.07. The van der Waals surface area contributed by atoms with Gasteiger partial charge in [-0.2, -0.15) is 5.10 Å². The maximum atomic E-state index is 11.6. The fraction of sp³-hybridized carbons (Fsp3) is 0.231. The van der Waals surface area contributed by atoms with Gasteiger partial charge in [-0.15, -0.1) is 0 Å². The Morgan fingerprint density at radius 3 is 2.95 bits per heavy atom. The van der Waals surface area contributed by atoms with Crippen LogP contribution in [-0.4, -0.2) is 9.78 Å². The molecular weight excluding hydrogens is 330 g/mol. The molecule has 0 radical (unpaired) electrons. The van der Waals surface area contributed by atoms with Crippen LogP contribution in [0.1, 0.15) is 11.1 Å². The second-order valence-corrected chi connectivity index (χ2v) is 5.52. The first-order chi connectivity index (χ1) is 8.99. The summed E-state index contributed by atoms with van der Waals surface area (Å²) in [6.07, 6.45) is 1.55. The van der Waals surface area contributed by atoms with Crippen LogP contribution in [0.5, 0.6) is 0 Å². The van der Waals surface area contributed by atoms with Gasteiger partial charge in [-0.1, -0.05) is 33.6 Å². The van der Waals surface area contributed by atoms with Gasteiger partial charge in [-0.05, 0) is 30.2 Å². The van der Waals surface area contributed by atoms with E-state index >= 15 is 0 Å². The molecule has 0 saturated heterocycles. The number of aromatic nitrogens is 2. The molecule has 19 heavy (non-hydrogen) atoms. The summed E-state index contributed by atoms with van der Waals surface area (Å²) in [5, 5.41) is 7.23. The van der Waals surface area contributed by atoms with E-state index in [0.29, 0.717) is 12.2 Å². The predicted octanol–water partition coefficient (Wildman–Crippen LogP) is 3.12. The van der Waals surface area contributed by atoms with Crippen molar-refractivity contribution in [1.82, 2.24) is 9.78 Å². The zero-order valence-corrected chi connectivity index (χ0v) is 12.9. The molecule has 2 aromatic rings. The van der Waals surface area contributed by atoms with Gasteiger partial charge in [0.1, 0.15) is 5.02 Å². The van der Waals surface area contributed by atoms with E-state index in [0.717, 1.165) is 10.0 Å². The summed E-state index contributed by atoms with van der Waals surface area (Å²) in [5.41, 5.74) is 2.54. The van der Waals surface area contributed by atoms with Crippen LogP contribution in [0.25, 0.3) is 0 Å². The Hall–Kier alpha value is -1.33. The van der Waals surface area contributed by atoms with Crippen molar-refractivity contribution in [2.24, 2.45) is 7.05 Å². The number of hydrogen-bond donors (Lipinski definition) is 1.